The molecule has 9 heteroatoms. The quantitative estimate of drug-likeness (QED) is 0.650. The normalized spacial score (nSPS) is 17.9. The van der Waals surface area contributed by atoms with E-state index in [0.717, 1.165) is 37.8 Å². The van der Waals surface area contributed by atoms with Gasteiger partial charge in [-0.15, -0.1) is 0 Å². The van der Waals surface area contributed by atoms with Gasteiger partial charge in [0, 0.05) is 0 Å². The third-order valence-electron chi connectivity index (χ3n) is 3.87. The number of hydrogen-bond acceptors (Lipinski definition) is 4. The van der Waals surface area contributed by atoms with Gasteiger partial charge in [-0.2, -0.15) is 21.6 Å². The maximum absolute atomic E-state index is 12.2. The van der Waals surface area contributed by atoms with Crippen molar-refractivity contribution in [2.24, 2.45) is 5.92 Å². The molecule has 1 N–H and O–H groups in total. The number of carboxylic acid groups (broad SMARTS) is 1. The topological polar surface area (TPSA) is 80.7 Å². The number of carboxylic acids is 1. The highest BCUT2D eigenvalue weighted by Crippen LogP contribution is 2.38. The molecule has 1 aromatic carbocycles. The van der Waals surface area contributed by atoms with E-state index in [-0.39, 0.29) is 5.92 Å². The van der Waals surface area contributed by atoms with Gasteiger partial charge >= 0.3 is 21.6 Å². The summed E-state index contributed by atoms with van der Waals surface area (Å²) in [5, 5.41) is 9.37. The van der Waals surface area contributed by atoms with Crippen LogP contribution in [-0.4, -0.2) is 25.0 Å². The van der Waals surface area contributed by atoms with Crippen LogP contribution in [0, 0.1) is 5.92 Å². The molecule has 1 aliphatic rings. The summed E-state index contributed by atoms with van der Waals surface area (Å²) in [7, 11) is -5.73. The predicted molar refractivity (Wildman–Crippen MR) is 74.4 cm³/mol. The lowest BCUT2D eigenvalue weighted by Crippen LogP contribution is -2.28. The summed E-state index contributed by atoms with van der Waals surface area (Å²) in [4.78, 5) is 11.5. The smallest absolute Gasteiger partial charge is 0.481 e. The summed E-state index contributed by atoms with van der Waals surface area (Å²) >= 11 is 0. The lowest BCUT2D eigenvalue weighted by Gasteiger charge is -2.19. The fourth-order valence-corrected chi connectivity index (χ4v) is 3.27. The minimum absolute atomic E-state index is 0.0295. The lowest BCUT2D eigenvalue weighted by atomic mass is 9.85. The molecule has 23 heavy (non-hydrogen) atoms. The maximum atomic E-state index is 12.2. The Morgan fingerprint density at radius 1 is 1.17 bits per heavy atom. The second-order valence-corrected chi connectivity index (χ2v) is 6.95. The molecule has 0 spiro atoms. The lowest BCUT2D eigenvalue weighted by molar-refractivity contribution is -0.140. The summed E-state index contributed by atoms with van der Waals surface area (Å²) in [6.07, 6.45) is 3.44. The Morgan fingerprint density at radius 2 is 1.70 bits per heavy atom. The van der Waals surface area contributed by atoms with Crippen molar-refractivity contribution in [1.29, 1.82) is 0 Å². The third-order valence-corrected chi connectivity index (χ3v) is 4.84. The van der Waals surface area contributed by atoms with Crippen LogP contribution >= 0.6 is 0 Å². The van der Waals surface area contributed by atoms with Gasteiger partial charge in [-0.3, -0.25) is 4.79 Å². The van der Waals surface area contributed by atoms with Crippen LogP contribution in [0.2, 0.25) is 0 Å². The molecular formula is C14H15F3O5S. The van der Waals surface area contributed by atoms with Crippen LogP contribution in [0.15, 0.2) is 24.3 Å². The predicted octanol–water partition coefficient (Wildman–Crippen LogP) is 3.27. The van der Waals surface area contributed by atoms with Crippen LogP contribution in [0.4, 0.5) is 13.2 Å². The molecule has 1 aliphatic carbocycles. The van der Waals surface area contributed by atoms with Crippen molar-refractivity contribution in [2.75, 3.05) is 0 Å². The van der Waals surface area contributed by atoms with Gasteiger partial charge in [0.25, 0.3) is 0 Å². The molecule has 1 aromatic rings. The Bertz CT molecular complexity index is 661. The highest BCUT2D eigenvalue weighted by molar-refractivity contribution is 7.87. The van der Waals surface area contributed by atoms with Crippen LogP contribution in [0.5, 0.6) is 5.75 Å². The highest BCUT2D eigenvalue weighted by atomic mass is 32.2. The Morgan fingerprint density at radius 3 is 2.13 bits per heavy atom. The van der Waals surface area contributed by atoms with Gasteiger partial charge in [-0.1, -0.05) is 25.0 Å². The zero-order valence-electron chi connectivity index (χ0n) is 11.9. The Balaban J connectivity index is 2.20. The van der Waals surface area contributed by atoms with E-state index in [4.69, 9.17) is 0 Å². The van der Waals surface area contributed by atoms with Crippen LogP contribution in [0.1, 0.15) is 37.2 Å². The Labute approximate surface area is 131 Å². The second kappa shape index (κ2) is 6.38. The summed E-state index contributed by atoms with van der Waals surface area (Å²) in [5.41, 5.74) is -5.10. The molecule has 1 saturated carbocycles. The van der Waals surface area contributed by atoms with E-state index in [1.54, 1.807) is 0 Å². The van der Waals surface area contributed by atoms with E-state index >= 15 is 0 Å². The molecule has 0 heterocycles. The van der Waals surface area contributed by atoms with Gasteiger partial charge in [-0.25, -0.2) is 0 Å². The van der Waals surface area contributed by atoms with E-state index in [2.05, 4.69) is 4.18 Å². The summed E-state index contributed by atoms with van der Waals surface area (Å²) in [5.74, 6) is -2.31. The molecule has 1 atom stereocenters. The molecule has 0 radical (unpaired) electrons. The molecule has 5 nitrogen and oxygen atoms in total. The second-order valence-electron chi connectivity index (χ2n) is 5.41. The van der Waals surface area contributed by atoms with Crippen molar-refractivity contribution in [2.45, 2.75) is 37.1 Å². The van der Waals surface area contributed by atoms with Gasteiger partial charge in [0.2, 0.25) is 0 Å². The maximum Gasteiger partial charge on any atom is 0.534 e. The summed E-state index contributed by atoms with van der Waals surface area (Å²) in [6.45, 7) is 0. The number of benzene rings is 1. The fraction of sp³-hybridized carbons (Fsp3) is 0.500. The molecule has 2 rings (SSSR count). The molecule has 0 saturated heterocycles. The summed E-state index contributed by atoms with van der Waals surface area (Å²) in [6, 6.07) is 4.64. The van der Waals surface area contributed by atoms with Crippen LogP contribution in [-0.2, 0) is 14.9 Å². The van der Waals surface area contributed by atoms with Crippen molar-refractivity contribution >= 4 is 16.1 Å². The molecule has 0 amide bonds. The van der Waals surface area contributed by atoms with Gasteiger partial charge < -0.3 is 9.29 Å². The average Bonchev–Trinajstić information content (AvgIpc) is 2.92. The molecular weight excluding hydrogens is 337 g/mol. The first kappa shape index (κ1) is 17.6. The standard InChI is InChI=1S/C14H15F3O5S/c15-14(16,17)23(20,21)22-11-7-5-10(6-8-11)12(13(18)19)9-3-1-2-4-9/h5-9,12H,1-4H2,(H,18,19). The molecule has 0 bridgehead atoms. The first-order valence-corrected chi connectivity index (χ1v) is 8.36. The van der Waals surface area contributed by atoms with Crippen molar-refractivity contribution in [3.63, 3.8) is 0 Å². The number of carbonyl (C=O) groups is 1. The average molecular weight is 352 g/mol. The monoisotopic (exact) mass is 352 g/mol. The minimum Gasteiger partial charge on any atom is -0.481 e. The van der Waals surface area contributed by atoms with Crippen molar-refractivity contribution in [1.82, 2.24) is 0 Å². The molecule has 0 aliphatic heterocycles. The van der Waals surface area contributed by atoms with Crippen molar-refractivity contribution < 1.29 is 35.7 Å². The highest BCUT2D eigenvalue weighted by Gasteiger charge is 2.48. The van der Waals surface area contributed by atoms with Gasteiger partial charge in [0.15, 0.2) is 0 Å². The number of alkyl halides is 3. The molecule has 128 valence electrons. The van der Waals surface area contributed by atoms with Crippen LogP contribution in [0.3, 0.4) is 0 Å². The van der Waals surface area contributed by atoms with E-state index in [1.165, 1.54) is 12.1 Å². The number of hydrogen-bond donors (Lipinski definition) is 1. The van der Waals surface area contributed by atoms with Crippen LogP contribution in [0.25, 0.3) is 0 Å². The molecule has 1 fully saturated rings. The minimum atomic E-state index is -5.73. The van der Waals surface area contributed by atoms with E-state index in [9.17, 15) is 31.5 Å². The zero-order chi connectivity index (χ0) is 17.3. The van der Waals surface area contributed by atoms with E-state index in [0.29, 0.717) is 5.56 Å². The largest absolute Gasteiger partial charge is 0.534 e. The summed E-state index contributed by atoms with van der Waals surface area (Å²) < 4.78 is 62.6. The number of halogens is 3. The van der Waals surface area contributed by atoms with Gasteiger partial charge in [-0.05, 0) is 36.5 Å². The Hall–Kier alpha value is -1.77. The third kappa shape index (κ3) is 3.95. The Kier molecular flexibility index (Phi) is 4.88. The first-order valence-electron chi connectivity index (χ1n) is 6.95. The first-order chi connectivity index (χ1) is 10.6. The van der Waals surface area contributed by atoms with Crippen molar-refractivity contribution in [3.8, 4) is 5.75 Å². The SMILES string of the molecule is O=C(O)C(c1ccc(OS(=O)(=O)C(F)(F)F)cc1)C1CCCC1. The molecule has 0 aromatic heterocycles. The number of rotatable bonds is 5. The zero-order valence-corrected chi connectivity index (χ0v) is 12.7. The van der Waals surface area contributed by atoms with Gasteiger partial charge in [0.1, 0.15) is 5.75 Å². The van der Waals surface area contributed by atoms with Crippen molar-refractivity contribution in [3.05, 3.63) is 29.8 Å². The fourth-order valence-electron chi connectivity index (χ4n) is 2.81. The number of aliphatic carboxylic acids is 1. The van der Waals surface area contributed by atoms with E-state index < -0.39 is 33.3 Å². The van der Waals surface area contributed by atoms with Gasteiger partial charge in [0.05, 0.1) is 5.92 Å². The molecule has 1 unspecified atom stereocenters. The van der Waals surface area contributed by atoms with E-state index in [1.807, 2.05) is 0 Å². The van der Waals surface area contributed by atoms with Crippen LogP contribution < -0.4 is 4.18 Å².